The van der Waals surface area contributed by atoms with Crippen LogP contribution in [0.25, 0.3) is 11.1 Å². The van der Waals surface area contributed by atoms with Gasteiger partial charge in [0.25, 0.3) is 0 Å². The number of carbonyl (C=O) groups excluding carboxylic acids is 2. The normalized spacial score (nSPS) is 12.2. The lowest BCUT2D eigenvalue weighted by Gasteiger charge is -2.21. The van der Waals surface area contributed by atoms with E-state index in [1.807, 2.05) is 85.5 Å². The van der Waals surface area contributed by atoms with Crippen LogP contribution >= 0.6 is 0 Å². The Balaban J connectivity index is 1.77. The van der Waals surface area contributed by atoms with Crippen LogP contribution < -0.4 is 15.4 Å². The van der Waals surface area contributed by atoms with Crippen molar-refractivity contribution in [1.82, 2.24) is 20.3 Å². The molecular weight excluding hydrogens is 552 g/mol. The van der Waals surface area contributed by atoms with Crippen LogP contribution in [-0.2, 0) is 23.0 Å². The van der Waals surface area contributed by atoms with Crippen molar-refractivity contribution < 1.29 is 23.1 Å². The summed E-state index contributed by atoms with van der Waals surface area (Å²) in [5, 5.41) is 14.2. The van der Waals surface area contributed by atoms with Crippen molar-refractivity contribution in [1.29, 1.82) is 0 Å². The van der Waals surface area contributed by atoms with Gasteiger partial charge >= 0.3 is 6.03 Å². The van der Waals surface area contributed by atoms with E-state index in [0.29, 0.717) is 24.9 Å². The van der Waals surface area contributed by atoms with Crippen LogP contribution in [0.2, 0.25) is 0 Å². The molecule has 42 heavy (non-hydrogen) atoms. The highest BCUT2D eigenvalue weighted by atomic mass is 32.2. The van der Waals surface area contributed by atoms with Crippen molar-refractivity contribution in [3.05, 3.63) is 95.6 Å². The summed E-state index contributed by atoms with van der Waals surface area (Å²) in [6.07, 6.45) is 0.891. The minimum absolute atomic E-state index is 0.0778. The molecule has 1 atom stereocenters. The smallest absolute Gasteiger partial charge is 0.315 e. The quantitative estimate of drug-likeness (QED) is 0.177. The first-order chi connectivity index (χ1) is 20.3. The fraction of sp³-hybridized carbons (Fsp3) is 0.375. The van der Waals surface area contributed by atoms with Crippen LogP contribution in [0.5, 0.6) is 0 Å². The van der Waals surface area contributed by atoms with Crippen LogP contribution in [0.3, 0.4) is 0 Å². The second-order valence-electron chi connectivity index (χ2n) is 9.97. The highest BCUT2D eigenvalue weighted by Gasteiger charge is 2.26. The molecule has 0 fully saturated rings. The van der Waals surface area contributed by atoms with E-state index < -0.39 is 16.1 Å². The monoisotopic (exact) mass is 594 g/mol. The number of hydrogen-bond acceptors (Lipinski definition) is 6. The second kappa shape index (κ2) is 16.8. The first kappa shape index (κ1) is 32.9. The lowest BCUT2D eigenvalue weighted by atomic mass is 9.95. The van der Waals surface area contributed by atoms with Gasteiger partial charge in [-0.15, -0.1) is 0 Å². The molecule has 3 rings (SSSR count). The molecule has 0 aliphatic rings. The number of urea groups is 1. The third-order valence-electron chi connectivity index (χ3n) is 7.11. The van der Waals surface area contributed by atoms with Crippen molar-refractivity contribution in [2.45, 2.75) is 39.3 Å². The molecule has 0 aromatic heterocycles. The van der Waals surface area contributed by atoms with Crippen LogP contribution in [0.4, 0.5) is 4.79 Å². The Morgan fingerprint density at radius 1 is 0.881 bits per heavy atom. The molecule has 0 saturated carbocycles. The Kier molecular flexibility index (Phi) is 13.1. The molecule has 0 aliphatic carbocycles. The maximum absolute atomic E-state index is 13.7. The van der Waals surface area contributed by atoms with Gasteiger partial charge in [0.2, 0.25) is 10.0 Å². The predicted octanol–water partition coefficient (Wildman–Crippen LogP) is 3.59. The molecule has 4 N–H and O–H groups in total. The number of carbonyl (C=O) groups is 2. The van der Waals surface area contributed by atoms with E-state index in [9.17, 15) is 18.0 Å². The lowest BCUT2D eigenvalue weighted by Crippen LogP contribution is -2.44. The summed E-state index contributed by atoms with van der Waals surface area (Å²) >= 11 is 0. The summed E-state index contributed by atoms with van der Waals surface area (Å²) in [4.78, 5) is 27.6. The zero-order chi connectivity index (χ0) is 30.4. The van der Waals surface area contributed by atoms with Gasteiger partial charge in [0, 0.05) is 25.2 Å². The van der Waals surface area contributed by atoms with E-state index in [1.54, 1.807) is 12.1 Å². The van der Waals surface area contributed by atoms with Crippen molar-refractivity contribution in [2.24, 2.45) is 0 Å². The number of nitrogens with one attached hydrogen (secondary N) is 3. The summed E-state index contributed by atoms with van der Waals surface area (Å²) in [5.41, 5.74) is 4.10. The number of aliphatic hydroxyl groups excluding tert-OH is 1. The molecule has 0 spiro atoms. The van der Waals surface area contributed by atoms with Gasteiger partial charge in [-0.05, 0) is 48.2 Å². The van der Waals surface area contributed by atoms with E-state index in [0.717, 1.165) is 35.3 Å². The van der Waals surface area contributed by atoms with Crippen molar-refractivity contribution in [3.63, 3.8) is 0 Å². The minimum Gasteiger partial charge on any atom is -0.395 e. The van der Waals surface area contributed by atoms with Crippen LogP contribution in [-0.4, -0.2) is 74.8 Å². The Bertz CT molecular complexity index is 1380. The molecule has 0 radical (unpaired) electrons. The Morgan fingerprint density at radius 2 is 1.55 bits per heavy atom. The van der Waals surface area contributed by atoms with E-state index in [2.05, 4.69) is 15.4 Å². The highest BCUT2D eigenvalue weighted by Crippen LogP contribution is 2.25. The third-order valence-corrected chi connectivity index (χ3v) is 8.47. The van der Waals surface area contributed by atoms with Gasteiger partial charge in [-0.3, -0.25) is 4.79 Å². The zero-order valence-corrected chi connectivity index (χ0v) is 25.2. The molecule has 9 nitrogen and oxygen atoms in total. The zero-order valence-electron chi connectivity index (χ0n) is 24.4. The van der Waals surface area contributed by atoms with Crippen molar-refractivity contribution in [3.8, 4) is 11.1 Å². The number of amides is 2. The van der Waals surface area contributed by atoms with Crippen LogP contribution in [0, 0.1) is 0 Å². The van der Waals surface area contributed by atoms with Gasteiger partial charge in [0.15, 0.2) is 5.78 Å². The molecule has 0 aliphatic heterocycles. The number of aliphatic hydroxyl groups is 1. The van der Waals surface area contributed by atoms with Crippen molar-refractivity contribution in [2.75, 3.05) is 38.5 Å². The first-order valence-corrected chi connectivity index (χ1v) is 16.0. The number of benzene rings is 3. The number of rotatable bonds is 17. The average molecular weight is 595 g/mol. The average Bonchev–Trinajstić information content (AvgIpc) is 3.02. The Labute approximate surface area is 249 Å². The fourth-order valence-corrected chi connectivity index (χ4v) is 5.92. The summed E-state index contributed by atoms with van der Waals surface area (Å²) in [6, 6.07) is 23.2. The van der Waals surface area contributed by atoms with Gasteiger partial charge in [0.05, 0.1) is 18.4 Å². The molecule has 0 heterocycles. The molecule has 0 unspecified atom stereocenters. The van der Waals surface area contributed by atoms with E-state index in [4.69, 9.17) is 5.11 Å². The van der Waals surface area contributed by atoms with Gasteiger partial charge in [-0.2, -0.15) is 0 Å². The Hall–Kier alpha value is -3.57. The molecular formula is C32H42N4O5S. The topological polar surface area (TPSA) is 128 Å². The summed E-state index contributed by atoms with van der Waals surface area (Å²) in [5.74, 6) is -0.356. The number of Topliss-reactive ketones (excluding diaryl/α,β-unsaturated/α-hetero) is 1. The summed E-state index contributed by atoms with van der Waals surface area (Å²) in [7, 11) is -3.70. The number of sulfonamides is 1. The van der Waals surface area contributed by atoms with Crippen molar-refractivity contribution >= 4 is 21.8 Å². The largest absolute Gasteiger partial charge is 0.395 e. The molecule has 2 amide bonds. The van der Waals surface area contributed by atoms with E-state index in [1.165, 1.54) is 0 Å². The number of aryl methyl sites for hydroxylation is 1. The standard InChI is InChI=1S/C32H42N4O5S/c1-3-36(4-2)21-23-42(40,41)35-30(19-14-25-10-6-5-7-11-25)31(38)27-17-15-26(16-18-27)29-13-9-8-12-28(29)24-34-32(39)33-20-22-37/h5-13,15-18,30,35,37H,3-4,14,19-24H2,1-2H3,(H2,33,34,39)/t30-/m1/s1. The molecule has 0 saturated heterocycles. The Morgan fingerprint density at radius 3 is 2.21 bits per heavy atom. The summed E-state index contributed by atoms with van der Waals surface area (Å²) < 4.78 is 28.8. The number of ketones is 1. The predicted molar refractivity (Wildman–Crippen MR) is 167 cm³/mol. The molecule has 3 aromatic carbocycles. The van der Waals surface area contributed by atoms with Gasteiger partial charge < -0.3 is 20.6 Å². The second-order valence-corrected chi connectivity index (χ2v) is 11.8. The highest BCUT2D eigenvalue weighted by molar-refractivity contribution is 7.89. The molecule has 3 aromatic rings. The third kappa shape index (κ3) is 10.4. The SMILES string of the molecule is CCN(CC)CCS(=O)(=O)N[C@H](CCc1ccccc1)C(=O)c1ccc(-c2ccccc2CNC(=O)NCCO)cc1. The number of hydrogen-bond donors (Lipinski definition) is 4. The fourth-order valence-electron chi connectivity index (χ4n) is 4.64. The molecule has 0 bridgehead atoms. The minimum atomic E-state index is -3.70. The maximum Gasteiger partial charge on any atom is 0.315 e. The van der Waals surface area contributed by atoms with Gasteiger partial charge in [-0.1, -0.05) is 92.7 Å². The molecule has 10 heteroatoms. The van der Waals surface area contributed by atoms with Crippen LogP contribution in [0.1, 0.15) is 41.8 Å². The lowest BCUT2D eigenvalue weighted by molar-refractivity contribution is 0.0949. The molecule has 226 valence electrons. The maximum atomic E-state index is 13.7. The van der Waals surface area contributed by atoms with E-state index in [-0.39, 0.29) is 37.3 Å². The van der Waals surface area contributed by atoms with Gasteiger partial charge in [0.1, 0.15) is 0 Å². The van der Waals surface area contributed by atoms with Gasteiger partial charge in [-0.25, -0.2) is 17.9 Å². The number of nitrogens with zero attached hydrogens (tertiary/aromatic N) is 1. The first-order valence-electron chi connectivity index (χ1n) is 14.4. The van der Waals surface area contributed by atoms with E-state index >= 15 is 0 Å². The van der Waals surface area contributed by atoms with Crippen LogP contribution in [0.15, 0.2) is 78.9 Å². The summed E-state index contributed by atoms with van der Waals surface area (Å²) in [6.45, 7) is 6.20.